The molecule has 0 radical (unpaired) electrons. The van der Waals surface area contributed by atoms with Gasteiger partial charge in [-0.3, -0.25) is 4.79 Å². The van der Waals surface area contributed by atoms with Crippen LogP contribution in [0.5, 0.6) is 0 Å². The molecule has 0 aliphatic carbocycles. The van der Waals surface area contributed by atoms with Gasteiger partial charge in [-0.15, -0.1) is 0 Å². The van der Waals surface area contributed by atoms with Crippen molar-refractivity contribution in [2.75, 3.05) is 20.1 Å². The number of carbonyl (C=O) groups is 1. The molecule has 156 valence electrons. The van der Waals surface area contributed by atoms with Crippen LogP contribution < -0.4 is 10.6 Å². The number of rotatable bonds is 5. The Labute approximate surface area is 167 Å². The van der Waals surface area contributed by atoms with Gasteiger partial charge in [-0.1, -0.05) is 42.5 Å². The lowest BCUT2D eigenvalue weighted by Crippen LogP contribution is -2.66. The Balaban J connectivity index is 2.44. The molecule has 1 aliphatic heterocycles. The summed E-state index contributed by atoms with van der Waals surface area (Å²) in [5, 5.41) is 5.46. The number of likely N-dealkylation sites (N-methyl/N-ethyl adjacent to an activating group) is 1. The van der Waals surface area contributed by atoms with Crippen molar-refractivity contribution in [2.24, 2.45) is 5.92 Å². The molecule has 1 aliphatic rings. The monoisotopic (exact) mass is 408 g/mol. The maximum Gasteiger partial charge on any atom is 0.400 e. The standard InChI is InChI=1S/C22H24F4N2O/c1-20(19(29)27-2,15-6-4-3-5-7-15)21(22(24,25)26,17-12-13-28-14-17)16-8-10-18(23)11-9-16/h3-11,17,28H,12-14H2,1-2H3,(H,27,29). The molecule has 3 unspecified atom stereocenters. The van der Waals surface area contributed by atoms with Crippen molar-refractivity contribution in [3.63, 3.8) is 0 Å². The van der Waals surface area contributed by atoms with E-state index in [9.17, 15) is 9.18 Å². The molecule has 1 amide bonds. The summed E-state index contributed by atoms with van der Waals surface area (Å²) in [5.41, 5.74) is -4.39. The Morgan fingerprint density at radius 2 is 1.66 bits per heavy atom. The lowest BCUT2D eigenvalue weighted by molar-refractivity contribution is -0.227. The third-order valence-corrected chi connectivity index (χ3v) is 6.24. The van der Waals surface area contributed by atoms with Gasteiger partial charge in [-0.05, 0) is 55.6 Å². The van der Waals surface area contributed by atoms with Gasteiger partial charge in [0.05, 0.1) is 5.41 Å². The van der Waals surface area contributed by atoms with Crippen molar-refractivity contribution < 1.29 is 22.4 Å². The van der Waals surface area contributed by atoms with Crippen LogP contribution in [0, 0.1) is 11.7 Å². The zero-order chi connectivity index (χ0) is 21.3. The summed E-state index contributed by atoms with van der Waals surface area (Å²) in [7, 11) is 1.34. The van der Waals surface area contributed by atoms with E-state index in [0.717, 1.165) is 24.3 Å². The number of hydrogen-bond donors (Lipinski definition) is 2. The maximum atomic E-state index is 15.2. The van der Waals surface area contributed by atoms with E-state index < -0.39 is 34.6 Å². The van der Waals surface area contributed by atoms with E-state index in [1.165, 1.54) is 14.0 Å². The second kappa shape index (κ2) is 7.78. The average molecular weight is 408 g/mol. The number of halogens is 4. The van der Waals surface area contributed by atoms with Crippen LogP contribution in [-0.2, 0) is 15.6 Å². The average Bonchev–Trinajstić information content (AvgIpc) is 3.23. The first-order valence-corrected chi connectivity index (χ1v) is 9.50. The summed E-state index contributed by atoms with van der Waals surface area (Å²) in [6.07, 6.45) is -4.53. The number of amides is 1. The highest BCUT2D eigenvalue weighted by atomic mass is 19.4. The van der Waals surface area contributed by atoms with Crippen LogP contribution in [0.4, 0.5) is 17.6 Å². The summed E-state index contributed by atoms with van der Waals surface area (Å²) in [4.78, 5) is 13.2. The van der Waals surface area contributed by atoms with E-state index in [4.69, 9.17) is 0 Å². The Bertz CT molecular complexity index is 847. The Kier molecular flexibility index (Phi) is 5.72. The molecule has 29 heavy (non-hydrogen) atoms. The lowest BCUT2D eigenvalue weighted by atomic mass is 9.51. The van der Waals surface area contributed by atoms with E-state index >= 15 is 13.2 Å². The van der Waals surface area contributed by atoms with E-state index in [2.05, 4.69) is 10.6 Å². The van der Waals surface area contributed by atoms with E-state index in [1.54, 1.807) is 30.3 Å². The van der Waals surface area contributed by atoms with E-state index in [1.807, 2.05) is 0 Å². The maximum absolute atomic E-state index is 15.2. The molecule has 2 N–H and O–H groups in total. The van der Waals surface area contributed by atoms with Crippen molar-refractivity contribution in [3.8, 4) is 0 Å². The fraction of sp³-hybridized carbons (Fsp3) is 0.409. The number of hydrogen-bond acceptors (Lipinski definition) is 2. The SMILES string of the molecule is CNC(=O)C(C)(c1ccccc1)C(c1ccc(F)cc1)(C1CCNC1)C(F)(F)F. The molecule has 2 aromatic rings. The van der Waals surface area contributed by atoms with Crippen LogP contribution in [0.1, 0.15) is 24.5 Å². The molecular weight excluding hydrogens is 384 g/mol. The van der Waals surface area contributed by atoms with Crippen LogP contribution in [-0.4, -0.2) is 32.2 Å². The van der Waals surface area contributed by atoms with E-state index in [-0.39, 0.29) is 24.1 Å². The van der Waals surface area contributed by atoms with Gasteiger partial charge in [0.25, 0.3) is 0 Å². The predicted octanol–water partition coefficient (Wildman–Crippen LogP) is 3.94. The molecule has 1 fully saturated rings. The van der Waals surface area contributed by atoms with Crippen LogP contribution >= 0.6 is 0 Å². The van der Waals surface area contributed by atoms with Gasteiger partial charge >= 0.3 is 6.18 Å². The highest BCUT2D eigenvalue weighted by molar-refractivity contribution is 5.90. The van der Waals surface area contributed by atoms with Crippen LogP contribution in [0.25, 0.3) is 0 Å². The summed E-state index contributed by atoms with van der Waals surface area (Å²) in [6, 6.07) is 12.4. The van der Waals surface area contributed by atoms with Crippen molar-refractivity contribution in [1.82, 2.24) is 10.6 Å². The minimum absolute atomic E-state index is 0.107. The Hall–Kier alpha value is -2.41. The molecule has 0 spiro atoms. The fourth-order valence-electron chi connectivity index (χ4n) is 4.91. The molecule has 7 heteroatoms. The number of alkyl halides is 3. The smallest absolute Gasteiger partial charge is 0.358 e. The van der Waals surface area contributed by atoms with Gasteiger partial charge in [-0.2, -0.15) is 13.2 Å². The fourth-order valence-corrected chi connectivity index (χ4v) is 4.91. The summed E-state index contributed by atoms with van der Waals surface area (Å²) in [5.74, 6) is -2.27. The first-order chi connectivity index (χ1) is 13.7. The second-order valence-corrected chi connectivity index (χ2v) is 7.57. The van der Waals surface area contributed by atoms with Gasteiger partial charge in [0.2, 0.25) is 5.91 Å². The number of nitrogens with one attached hydrogen (secondary N) is 2. The predicted molar refractivity (Wildman–Crippen MR) is 103 cm³/mol. The first kappa shape index (κ1) is 21.3. The van der Waals surface area contributed by atoms with Gasteiger partial charge in [0.15, 0.2) is 0 Å². The minimum atomic E-state index is -4.78. The number of carbonyl (C=O) groups excluding carboxylic acids is 1. The summed E-state index contributed by atoms with van der Waals surface area (Å²) < 4.78 is 59.2. The van der Waals surface area contributed by atoms with Gasteiger partial charge in [0.1, 0.15) is 11.2 Å². The molecular formula is C22H24F4N2O. The molecule has 0 bridgehead atoms. The highest BCUT2D eigenvalue weighted by Crippen LogP contribution is 2.59. The Morgan fingerprint density at radius 1 is 1.03 bits per heavy atom. The third kappa shape index (κ3) is 3.21. The third-order valence-electron chi connectivity index (χ3n) is 6.24. The minimum Gasteiger partial charge on any atom is -0.358 e. The quantitative estimate of drug-likeness (QED) is 0.736. The van der Waals surface area contributed by atoms with Gasteiger partial charge < -0.3 is 10.6 Å². The second-order valence-electron chi connectivity index (χ2n) is 7.57. The number of benzene rings is 2. The summed E-state index contributed by atoms with van der Waals surface area (Å²) in [6.45, 7) is 1.87. The van der Waals surface area contributed by atoms with Crippen molar-refractivity contribution in [2.45, 2.75) is 30.4 Å². The lowest BCUT2D eigenvalue weighted by Gasteiger charge is -2.52. The van der Waals surface area contributed by atoms with Crippen molar-refractivity contribution in [3.05, 3.63) is 71.5 Å². The molecule has 2 aromatic carbocycles. The molecule has 3 atom stereocenters. The zero-order valence-electron chi connectivity index (χ0n) is 16.3. The normalized spacial score (nSPS) is 21.2. The molecule has 3 rings (SSSR count). The van der Waals surface area contributed by atoms with Gasteiger partial charge in [0, 0.05) is 7.05 Å². The van der Waals surface area contributed by atoms with E-state index in [0.29, 0.717) is 6.54 Å². The molecule has 0 aromatic heterocycles. The summed E-state index contributed by atoms with van der Waals surface area (Å²) >= 11 is 0. The largest absolute Gasteiger partial charge is 0.400 e. The Morgan fingerprint density at radius 3 is 2.14 bits per heavy atom. The molecule has 1 saturated heterocycles. The van der Waals surface area contributed by atoms with Crippen molar-refractivity contribution >= 4 is 5.91 Å². The van der Waals surface area contributed by atoms with Crippen LogP contribution in [0.2, 0.25) is 0 Å². The highest BCUT2D eigenvalue weighted by Gasteiger charge is 2.72. The van der Waals surface area contributed by atoms with Crippen LogP contribution in [0.15, 0.2) is 54.6 Å². The molecule has 1 heterocycles. The zero-order valence-corrected chi connectivity index (χ0v) is 16.3. The molecule has 3 nitrogen and oxygen atoms in total. The topological polar surface area (TPSA) is 41.1 Å². The van der Waals surface area contributed by atoms with Gasteiger partial charge in [-0.25, -0.2) is 4.39 Å². The van der Waals surface area contributed by atoms with Crippen molar-refractivity contribution in [1.29, 1.82) is 0 Å². The molecule has 0 saturated carbocycles. The first-order valence-electron chi connectivity index (χ1n) is 9.50. The van der Waals surface area contributed by atoms with Crippen LogP contribution in [0.3, 0.4) is 0 Å².